The molecule has 0 fully saturated rings. The molecule has 2 rings (SSSR count). The molecule has 0 saturated heterocycles. The molecule has 3 N–H and O–H groups in total. The van der Waals surface area contributed by atoms with Crippen LogP contribution in [0.2, 0.25) is 0 Å². The van der Waals surface area contributed by atoms with Crippen molar-refractivity contribution in [2.45, 2.75) is 19.9 Å². The maximum Gasteiger partial charge on any atom is 0.240 e. The van der Waals surface area contributed by atoms with Crippen molar-refractivity contribution in [3.05, 3.63) is 36.4 Å². The van der Waals surface area contributed by atoms with Crippen molar-refractivity contribution in [1.29, 1.82) is 0 Å². The number of rotatable bonds is 4. The summed E-state index contributed by atoms with van der Waals surface area (Å²) in [5.41, 5.74) is 6.27. The van der Waals surface area contributed by atoms with Crippen molar-refractivity contribution in [2.75, 3.05) is 5.32 Å². The Bertz CT molecular complexity index is 566. The predicted molar refractivity (Wildman–Crippen MR) is 73.2 cm³/mol. The van der Waals surface area contributed by atoms with Crippen LogP contribution in [0.15, 0.2) is 36.4 Å². The normalized spacial score (nSPS) is 12.6. The third-order valence-electron chi connectivity index (χ3n) is 2.87. The topological polar surface area (TPSA) is 68.0 Å². The number of carbonyl (C=O) groups excluding carboxylic acids is 1. The molecule has 1 aromatic heterocycles. The van der Waals surface area contributed by atoms with Crippen LogP contribution in [0.3, 0.4) is 0 Å². The molecule has 0 aliphatic carbocycles. The number of pyridine rings is 1. The number of carbonyl (C=O) groups is 1. The molecule has 4 nitrogen and oxygen atoms in total. The van der Waals surface area contributed by atoms with Crippen molar-refractivity contribution in [1.82, 2.24) is 4.98 Å². The van der Waals surface area contributed by atoms with Gasteiger partial charge in [-0.25, -0.2) is 4.98 Å². The van der Waals surface area contributed by atoms with E-state index in [1.807, 2.05) is 50.2 Å². The van der Waals surface area contributed by atoms with Crippen LogP contribution in [0.1, 0.15) is 13.8 Å². The minimum absolute atomic E-state index is 0.121. The van der Waals surface area contributed by atoms with Crippen molar-refractivity contribution >= 4 is 22.6 Å². The van der Waals surface area contributed by atoms with E-state index >= 15 is 0 Å². The first-order chi connectivity index (χ1) is 8.58. The highest BCUT2D eigenvalue weighted by molar-refractivity contribution is 5.84. The van der Waals surface area contributed by atoms with Crippen LogP contribution >= 0.6 is 0 Å². The molecule has 0 saturated carbocycles. The average Bonchev–Trinajstić information content (AvgIpc) is 2.35. The van der Waals surface area contributed by atoms with E-state index in [0.717, 1.165) is 10.9 Å². The molecule has 18 heavy (non-hydrogen) atoms. The molecule has 1 unspecified atom stereocenters. The lowest BCUT2D eigenvalue weighted by Crippen LogP contribution is -2.39. The van der Waals surface area contributed by atoms with E-state index in [4.69, 9.17) is 5.73 Å². The van der Waals surface area contributed by atoms with E-state index < -0.39 is 6.04 Å². The summed E-state index contributed by atoms with van der Waals surface area (Å²) in [6.45, 7) is 3.90. The monoisotopic (exact) mass is 243 g/mol. The zero-order chi connectivity index (χ0) is 13.1. The van der Waals surface area contributed by atoms with Crippen LogP contribution in [0.25, 0.3) is 10.9 Å². The summed E-state index contributed by atoms with van der Waals surface area (Å²) in [7, 11) is 0. The Morgan fingerprint density at radius 3 is 2.61 bits per heavy atom. The number of benzene rings is 1. The fourth-order valence-corrected chi connectivity index (χ4v) is 1.87. The van der Waals surface area contributed by atoms with Crippen LogP contribution < -0.4 is 11.1 Å². The number of amides is 1. The molecular weight excluding hydrogens is 226 g/mol. The highest BCUT2D eigenvalue weighted by Crippen LogP contribution is 2.16. The third-order valence-corrected chi connectivity index (χ3v) is 2.87. The first-order valence-electron chi connectivity index (χ1n) is 5.99. The van der Waals surface area contributed by atoms with Gasteiger partial charge in [0.1, 0.15) is 11.9 Å². The number of hydrogen-bond donors (Lipinski definition) is 2. The number of fused-ring (bicyclic) bond motifs is 1. The second-order valence-corrected chi connectivity index (χ2v) is 4.66. The summed E-state index contributed by atoms with van der Waals surface area (Å²) in [5.74, 6) is 0.432. The second-order valence-electron chi connectivity index (χ2n) is 4.66. The van der Waals surface area contributed by atoms with Crippen molar-refractivity contribution in [2.24, 2.45) is 11.7 Å². The number of hydrogen-bond acceptors (Lipinski definition) is 3. The first-order valence-corrected chi connectivity index (χ1v) is 5.99. The molecule has 0 radical (unpaired) electrons. The van der Waals surface area contributed by atoms with Gasteiger partial charge in [-0.2, -0.15) is 0 Å². The van der Waals surface area contributed by atoms with E-state index in [1.54, 1.807) is 0 Å². The standard InChI is InChI=1S/C14H17N3O/c1-9(2)13(14(15)18)17-12-8-7-10-5-3-4-6-11(10)16-12/h3-9,13H,1-2H3,(H2,15,18)(H,16,17). The minimum Gasteiger partial charge on any atom is -0.368 e. The molecule has 94 valence electrons. The highest BCUT2D eigenvalue weighted by atomic mass is 16.1. The summed E-state index contributed by atoms with van der Waals surface area (Å²) >= 11 is 0. The van der Waals surface area contributed by atoms with Gasteiger partial charge in [0, 0.05) is 5.39 Å². The van der Waals surface area contributed by atoms with Crippen LogP contribution in [0.5, 0.6) is 0 Å². The molecule has 0 bridgehead atoms. The largest absolute Gasteiger partial charge is 0.368 e. The SMILES string of the molecule is CC(C)C(Nc1ccc2ccccc2n1)C(N)=O. The van der Waals surface area contributed by atoms with E-state index in [2.05, 4.69) is 10.3 Å². The molecule has 1 amide bonds. The van der Waals surface area contributed by atoms with E-state index in [-0.39, 0.29) is 11.8 Å². The quantitative estimate of drug-likeness (QED) is 0.864. The lowest BCUT2D eigenvalue weighted by molar-refractivity contribution is -0.119. The van der Waals surface area contributed by atoms with Gasteiger partial charge < -0.3 is 11.1 Å². The van der Waals surface area contributed by atoms with Crippen molar-refractivity contribution < 1.29 is 4.79 Å². The van der Waals surface area contributed by atoms with Crippen LogP contribution in [0, 0.1) is 5.92 Å². The summed E-state index contributed by atoms with van der Waals surface area (Å²) in [6, 6.07) is 11.3. The van der Waals surface area contributed by atoms with E-state index in [0.29, 0.717) is 5.82 Å². The minimum atomic E-state index is -0.404. The summed E-state index contributed by atoms with van der Waals surface area (Å²) in [5, 5.41) is 4.16. The van der Waals surface area contributed by atoms with Gasteiger partial charge in [-0.3, -0.25) is 4.79 Å². The zero-order valence-electron chi connectivity index (χ0n) is 10.6. The number of para-hydroxylation sites is 1. The average molecular weight is 243 g/mol. The molecule has 1 heterocycles. The molecule has 0 aliphatic rings. The van der Waals surface area contributed by atoms with E-state index in [1.165, 1.54) is 0 Å². The Morgan fingerprint density at radius 1 is 1.22 bits per heavy atom. The van der Waals surface area contributed by atoms with Gasteiger partial charge in [-0.1, -0.05) is 32.0 Å². The molecule has 1 aromatic carbocycles. The Hall–Kier alpha value is -2.10. The van der Waals surface area contributed by atoms with Crippen LogP contribution in [-0.4, -0.2) is 16.9 Å². The Labute approximate surface area is 106 Å². The molecule has 4 heteroatoms. The van der Waals surface area contributed by atoms with Crippen LogP contribution in [-0.2, 0) is 4.79 Å². The Morgan fingerprint density at radius 2 is 1.94 bits per heavy atom. The number of nitrogens with zero attached hydrogens (tertiary/aromatic N) is 1. The van der Waals surface area contributed by atoms with Crippen LogP contribution in [0.4, 0.5) is 5.82 Å². The lowest BCUT2D eigenvalue weighted by Gasteiger charge is -2.19. The molecule has 0 aliphatic heterocycles. The zero-order valence-corrected chi connectivity index (χ0v) is 10.6. The predicted octanol–water partition coefficient (Wildman–Crippen LogP) is 2.16. The Balaban J connectivity index is 2.28. The summed E-state index contributed by atoms with van der Waals surface area (Å²) in [4.78, 5) is 15.8. The Kier molecular flexibility index (Phi) is 3.46. The number of anilines is 1. The van der Waals surface area contributed by atoms with Gasteiger partial charge in [0.05, 0.1) is 5.52 Å². The maximum atomic E-state index is 11.3. The van der Waals surface area contributed by atoms with Gasteiger partial charge in [0.15, 0.2) is 0 Å². The van der Waals surface area contributed by atoms with Gasteiger partial charge in [-0.15, -0.1) is 0 Å². The fourth-order valence-electron chi connectivity index (χ4n) is 1.87. The molecular formula is C14H17N3O. The van der Waals surface area contributed by atoms with Gasteiger partial charge in [-0.05, 0) is 24.1 Å². The highest BCUT2D eigenvalue weighted by Gasteiger charge is 2.19. The first kappa shape index (κ1) is 12.4. The number of primary amides is 1. The van der Waals surface area contributed by atoms with Gasteiger partial charge in [0.2, 0.25) is 5.91 Å². The fraction of sp³-hybridized carbons (Fsp3) is 0.286. The summed E-state index contributed by atoms with van der Waals surface area (Å²) in [6.07, 6.45) is 0. The van der Waals surface area contributed by atoms with Crippen molar-refractivity contribution in [3.63, 3.8) is 0 Å². The van der Waals surface area contributed by atoms with Gasteiger partial charge >= 0.3 is 0 Å². The molecule has 0 spiro atoms. The third kappa shape index (κ3) is 2.59. The smallest absolute Gasteiger partial charge is 0.240 e. The number of nitrogens with one attached hydrogen (secondary N) is 1. The molecule has 2 aromatic rings. The van der Waals surface area contributed by atoms with Crippen molar-refractivity contribution in [3.8, 4) is 0 Å². The van der Waals surface area contributed by atoms with E-state index in [9.17, 15) is 4.79 Å². The summed E-state index contributed by atoms with van der Waals surface area (Å²) < 4.78 is 0. The maximum absolute atomic E-state index is 11.3. The molecule has 1 atom stereocenters. The second kappa shape index (κ2) is 5.04. The number of aromatic nitrogens is 1. The number of nitrogens with two attached hydrogens (primary N) is 1. The lowest BCUT2D eigenvalue weighted by atomic mass is 10.0. The van der Waals surface area contributed by atoms with Gasteiger partial charge in [0.25, 0.3) is 0 Å².